The standard InChI is InChI=1S/C21H20FN7O/c1-13-10-14(2)28(25-13)12-16-4-6-17(7-5-16)21(30)23-20-11-18(8-9-19(20)22)29-15(3)24-26-27-29/h4-11H,12H2,1-3H3,(H,23,30). The molecule has 2 heterocycles. The van der Waals surface area contributed by atoms with Crippen molar-refractivity contribution in [3.8, 4) is 5.69 Å². The van der Waals surface area contributed by atoms with Crippen molar-refractivity contribution < 1.29 is 9.18 Å². The van der Waals surface area contributed by atoms with Gasteiger partial charge in [0.2, 0.25) is 0 Å². The number of anilines is 1. The predicted molar refractivity (Wildman–Crippen MR) is 109 cm³/mol. The number of tetrazole rings is 1. The number of carbonyl (C=O) groups excluding carboxylic acids is 1. The number of nitrogens with one attached hydrogen (secondary N) is 1. The summed E-state index contributed by atoms with van der Waals surface area (Å²) in [7, 11) is 0. The lowest BCUT2D eigenvalue weighted by Gasteiger charge is -2.10. The van der Waals surface area contributed by atoms with E-state index in [4.69, 9.17) is 0 Å². The minimum absolute atomic E-state index is 0.0547. The van der Waals surface area contributed by atoms with Crippen LogP contribution in [0.15, 0.2) is 48.5 Å². The molecule has 0 aliphatic carbocycles. The number of hydrogen-bond acceptors (Lipinski definition) is 5. The van der Waals surface area contributed by atoms with E-state index in [0.29, 0.717) is 23.6 Å². The average molecular weight is 405 g/mol. The van der Waals surface area contributed by atoms with Gasteiger partial charge in [0.25, 0.3) is 5.91 Å². The lowest BCUT2D eigenvalue weighted by atomic mass is 10.1. The van der Waals surface area contributed by atoms with Gasteiger partial charge in [-0.15, -0.1) is 5.10 Å². The lowest BCUT2D eigenvalue weighted by molar-refractivity contribution is 0.102. The summed E-state index contributed by atoms with van der Waals surface area (Å²) in [5.74, 6) is -0.395. The summed E-state index contributed by atoms with van der Waals surface area (Å²) in [5.41, 5.74) is 4.08. The molecule has 4 rings (SSSR count). The highest BCUT2D eigenvalue weighted by Crippen LogP contribution is 2.20. The van der Waals surface area contributed by atoms with Crippen molar-refractivity contribution in [2.24, 2.45) is 0 Å². The van der Waals surface area contributed by atoms with E-state index in [9.17, 15) is 9.18 Å². The number of benzene rings is 2. The Morgan fingerprint density at radius 1 is 1.07 bits per heavy atom. The van der Waals surface area contributed by atoms with Crippen molar-refractivity contribution in [2.75, 3.05) is 5.32 Å². The predicted octanol–water partition coefficient (Wildman–Crippen LogP) is 3.22. The Morgan fingerprint density at radius 2 is 1.83 bits per heavy atom. The highest BCUT2D eigenvalue weighted by Gasteiger charge is 2.13. The van der Waals surface area contributed by atoms with Gasteiger partial charge in [-0.1, -0.05) is 12.1 Å². The molecule has 9 heteroatoms. The molecule has 0 fully saturated rings. The second-order valence-corrected chi connectivity index (χ2v) is 7.04. The zero-order chi connectivity index (χ0) is 21.3. The van der Waals surface area contributed by atoms with Crippen LogP contribution in [-0.4, -0.2) is 35.9 Å². The van der Waals surface area contributed by atoms with E-state index in [1.54, 1.807) is 25.1 Å². The first kappa shape index (κ1) is 19.4. The van der Waals surface area contributed by atoms with Crippen molar-refractivity contribution in [3.63, 3.8) is 0 Å². The molecule has 0 radical (unpaired) electrons. The van der Waals surface area contributed by atoms with E-state index in [1.165, 1.54) is 16.8 Å². The van der Waals surface area contributed by atoms with Crippen LogP contribution in [0.4, 0.5) is 10.1 Å². The summed E-state index contributed by atoms with van der Waals surface area (Å²) in [6.07, 6.45) is 0. The number of nitrogens with zero attached hydrogens (tertiary/aromatic N) is 6. The number of amides is 1. The van der Waals surface area contributed by atoms with Gasteiger partial charge >= 0.3 is 0 Å². The largest absolute Gasteiger partial charge is 0.319 e. The van der Waals surface area contributed by atoms with Crippen LogP contribution in [-0.2, 0) is 6.54 Å². The maximum absolute atomic E-state index is 14.2. The summed E-state index contributed by atoms with van der Waals surface area (Å²) in [5, 5.41) is 18.3. The van der Waals surface area contributed by atoms with Crippen LogP contribution >= 0.6 is 0 Å². The molecule has 0 saturated heterocycles. The Balaban J connectivity index is 1.50. The molecule has 0 atom stereocenters. The summed E-state index contributed by atoms with van der Waals surface area (Å²) in [6, 6.07) is 13.5. The Morgan fingerprint density at radius 3 is 2.47 bits per heavy atom. The summed E-state index contributed by atoms with van der Waals surface area (Å²) < 4.78 is 17.6. The lowest BCUT2D eigenvalue weighted by Crippen LogP contribution is -2.14. The monoisotopic (exact) mass is 405 g/mol. The molecule has 0 unspecified atom stereocenters. The molecular formula is C21H20FN7O. The highest BCUT2D eigenvalue weighted by atomic mass is 19.1. The van der Waals surface area contributed by atoms with Gasteiger partial charge in [-0.25, -0.2) is 4.39 Å². The molecule has 30 heavy (non-hydrogen) atoms. The first-order chi connectivity index (χ1) is 14.4. The summed E-state index contributed by atoms with van der Waals surface area (Å²) in [6.45, 7) is 6.30. The van der Waals surface area contributed by atoms with Crippen LogP contribution in [0.5, 0.6) is 0 Å². The third-order valence-electron chi connectivity index (χ3n) is 4.72. The molecule has 0 aliphatic rings. The Labute approximate surface area is 172 Å². The molecule has 2 aromatic carbocycles. The van der Waals surface area contributed by atoms with Gasteiger partial charge in [0.1, 0.15) is 5.82 Å². The second-order valence-electron chi connectivity index (χ2n) is 7.04. The van der Waals surface area contributed by atoms with Crippen LogP contribution in [0, 0.1) is 26.6 Å². The first-order valence-electron chi connectivity index (χ1n) is 9.37. The molecule has 1 amide bonds. The normalized spacial score (nSPS) is 10.9. The number of carbonyl (C=O) groups is 1. The maximum atomic E-state index is 14.2. The van der Waals surface area contributed by atoms with Gasteiger partial charge in [-0.2, -0.15) is 9.78 Å². The molecular weight excluding hydrogens is 385 g/mol. The Bertz CT molecular complexity index is 1210. The average Bonchev–Trinajstić information content (AvgIpc) is 3.28. The van der Waals surface area contributed by atoms with Gasteiger partial charge in [-0.3, -0.25) is 9.48 Å². The molecule has 0 spiro atoms. The Kier molecular flexibility index (Phi) is 5.09. The Hall–Kier alpha value is -3.88. The molecule has 0 saturated carbocycles. The van der Waals surface area contributed by atoms with E-state index < -0.39 is 11.7 Å². The molecule has 2 aromatic heterocycles. The van der Waals surface area contributed by atoms with Crippen LogP contribution in [0.2, 0.25) is 0 Å². The fraction of sp³-hybridized carbons (Fsp3) is 0.190. The second kappa shape index (κ2) is 7.86. The minimum atomic E-state index is -0.543. The van der Waals surface area contributed by atoms with Gasteiger partial charge in [0.15, 0.2) is 5.82 Å². The van der Waals surface area contributed by atoms with Crippen molar-refractivity contribution in [3.05, 3.63) is 82.7 Å². The van der Waals surface area contributed by atoms with Crippen LogP contribution in [0.1, 0.15) is 33.1 Å². The minimum Gasteiger partial charge on any atom is -0.319 e. The van der Waals surface area contributed by atoms with Gasteiger partial charge in [0.05, 0.1) is 23.6 Å². The van der Waals surface area contributed by atoms with E-state index in [0.717, 1.165) is 17.0 Å². The van der Waals surface area contributed by atoms with Crippen LogP contribution in [0.25, 0.3) is 5.69 Å². The number of rotatable bonds is 5. The first-order valence-corrected chi connectivity index (χ1v) is 9.37. The van der Waals surface area contributed by atoms with Gasteiger partial charge in [0, 0.05) is 11.3 Å². The number of halogens is 1. The van der Waals surface area contributed by atoms with Crippen molar-refractivity contribution in [2.45, 2.75) is 27.3 Å². The van der Waals surface area contributed by atoms with Gasteiger partial charge < -0.3 is 5.32 Å². The van der Waals surface area contributed by atoms with Crippen molar-refractivity contribution in [1.82, 2.24) is 30.0 Å². The van der Waals surface area contributed by atoms with E-state index >= 15 is 0 Å². The van der Waals surface area contributed by atoms with E-state index in [-0.39, 0.29) is 5.69 Å². The quantitative estimate of drug-likeness (QED) is 0.551. The SMILES string of the molecule is Cc1cc(C)n(Cc2ccc(C(=O)Nc3cc(-n4nnnc4C)ccc3F)cc2)n1. The number of aromatic nitrogens is 6. The van der Waals surface area contributed by atoms with Crippen molar-refractivity contribution in [1.29, 1.82) is 0 Å². The molecule has 0 bridgehead atoms. The fourth-order valence-corrected chi connectivity index (χ4v) is 3.18. The van der Waals surface area contributed by atoms with Crippen LogP contribution < -0.4 is 5.32 Å². The smallest absolute Gasteiger partial charge is 0.255 e. The molecule has 0 aliphatic heterocycles. The molecule has 1 N–H and O–H groups in total. The fourth-order valence-electron chi connectivity index (χ4n) is 3.18. The molecule has 8 nitrogen and oxygen atoms in total. The topological polar surface area (TPSA) is 90.5 Å². The van der Waals surface area contributed by atoms with Crippen molar-refractivity contribution >= 4 is 11.6 Å². The zero-order valence-electron chi connectivity index (χ0n) is 16.8. The highest BCUT2D eigenvalue weighted by molar-refractivity contribution is 6.04. The molecule has 4 aromatic rings. The zero-order valence-corrected chi connectivity index (χ0v) is 16.8. The van der Waals surface area contributed by atoms with E-state index in [1.807, 2.05) is 36.7 Å². The maximum Gasteiger partial charge on any atom is 0.255 e. The summed E-state index contributed by atoms with van der Waals surface area (Å²) >= 11 is 0. The summed E-state index contributed by atoms with van der Waals surface area (Å²) in [4.78, 5) is 12.6. The van der Waals surface area contributed by atoms with E-state index in [2.05, 4.69) is 25.9 Å². The van der Waals surface area contributed by atoms with Gasteiger partial charge in [-0.05, 0) is 73.2 Å². The molecule has 152 valence electrons. The number of aryl methyl sites for hydroxylation is 3. The third-order valence-corrected chi connectivity index (χ3v) is 4.72. The third kappa shape index (κ3) is 3.95. The van der Waals surface area contributed by atoms with Crippen LogP contribution in [0.3, 0.4) is 0 Å². The number of hydrogen-bond donors (Lipinski definition) is 1.